The zero-order valence-corrected chi connectivity index (χ0v) is 20.0. The Labute approximate surface area is 195 Å². The van der Waals surface area contributed by atoms with Crippen molar-refractivity contribution < 1.29 is 0 Å². The van der Waals surface area contributed by atoms with E-state index < -0.39 is 0 Å². The van der Waals surface area contributed by atoms with E-state index in [0.717, 1.165) is 19.3 Å². The molecule has 0 nitrogen and oxygen atoms in total. The molecule has 1 unspecified atom stereocenters. The Morgan fingerprint density at radius 2 is 1.72 bits per heavy atom. The van der Waals surface area contributed by atoms with Crippen LogP contribution in [-0.4, -0.2) is 0 Å². The molecule has 2 aromatic carbocycles. The van der Waals surface area contributed by atoms with Gasteiger partial charge in [-0.3, -0.25) is 0 Å². The first-order valence-electron chi connectivity index (χ1n) is 11.8. The fourth-order valence-corrected chi connectivity index (χ4v) is 4.04. The molecular weight excluding hydrogens is 384 g/mol. The molecule has 0 bridgehead atoms. The van der Waals surface area contributed by atoms with Gasteiger partial charge in [-0.2, -0.15) is 0 Å². The molecule has 0 saturated carbocycles. The van der Waals surface area contributed by atoms with E-state index >= 15 is 0 Å². The molecule has 1 aliphatic rings. The van der Waals surface area contributed by atoms with Gasteiger partial charge in [0.2, 0.25) is 0 Å². The maximum Gasteiger partial charge on any atom is 0.0141 e. The molecule has 1 aliphatic carbocycles. The van der Waals surface area contributed by atoms with Crippen molar-refractivity contribution in [2.24, 2.45) is 0 Å². The van der Waals surface area contributed by atoms with Crippen molar-refractivity contribution in [3.63, 3.8) is 0 Å². The highest BCUT2D eigenvalue weighted by Gasteiger charge is 2.23. The predicted octanol–water partition coefficient (Wildman–Crippen LogP) is 9.25. The van der Waals surface area contributed by atoms with E-state index in [1.54, 1.807) is 0 Å². The summed E-state index contributed by atoms with van der Waals surface area (Å²) in [7, 11) is 0. The third kappa shape index (κ3) is 6.20. The molecule has 0 heteroatoms. The van der Waals surface area contributed by atoms with Crippen molar-refractivity contribution in [1.29, 1.82) is 0 Å². The Morgan fingerprint density at radius 3 is 2.34 bits per heavy atom. The number of hydrogen-bond acceptors (Lipinski definition) is 0. The van der Waals surface area contributed by atoms with Crippen molar-refractivity contribution in [1.82, 2.24) is 0 Å². The quantitative estimate of drug-likeness (QED) is 0.373. The monoisotopic (exact) mass is 420 g/mol. The van der Waals surface area contributed by atoms with Gasteiger partial charge in [0.05, 0.1) is 0 Å². The van der Waals surface area contributed by atoms with E-state index in [-0.39, 0.29) is 5.41 Å². The minimum Gasteiger partial charge on any atom is -0.0845 e. The van der Waals surface area contributed by atoms with E-state index in [1.165, 1.54) is 33.4 Å². The summed E-state index contributed by atoms with van der Waals surface area (Å²) >= 11 is 0. The van der Waals surface area contributed by atoms with Gasteiger partial charge >= 0.3 is 0 Å². The molecule has 0 fully saturated rings. The van der Waals surface area contributed by atoms with Crippen LogP contribution < -0.4 is 0 Å². The van der Waals surface area contributed by atoms with Crippen LogP contribution in [-0.2, 0) is 5.41 Å². The van der Waals surface area contributed by atoms with Crippen LogP contribution in [0.25, 0.3) is 11.1 Å². The summed E-state index contributed by atoms with van der Waals surface area (Å²) in [6, 6.07) is 19.8. The summed E-state index contributed by atoms with van der Waals surface area (Å²) in [6.45, 7) is 8.81. The van der Waals surface area contributed by atoms with E-state index in [4.69, 9.17) is 0 Å². The van der Waals surface area contributed by atoms with Crippen LogP contribution in [0, 0.1) is 0 Å². The third-order valence-electron chi connectivity index (χ3n) is 6.23. The molecular formula is C32H36. The molecule has 0 amide bonds. The highest BCUT2D eigenvalue weighted by molar-refractivity contribution is 5.83. The first kappa shape index (κ1) is 23.5. The Bertz CT molecular complexity index is 1050. The highest BCUT2D eigenvalue weighted by atomic mass is 14.3. The Morgan fingerprint density at radius 1 is 0.969 bits per heavy atom. The van der Waals surface area contributed by atoms with E-state index in [2.05, 4.69) is 137 Å². The molecule has 164 valence electrons. The standard InChI is InChI=1S/C32H36/c1-5-7-14-27(6-2)17-18-30(25-26(3)28-15-10-8-11-16-28)29-19-21-31(22-20-29)32(4)23-12-9-13-24-32/h6-16,18-23,25H,5,17,24H2,1-4H3/b14-7-,26-25+,27-6+,30-18+. The summed E-state index contributed by atoms with van der Waals surface area (Å²) in [5.41, 5.74) is 7.86. The predicted molar refractivity (Wildman–Crippen MR) is 143 cm³/mol. The van der Waals surface area contributed by atoms with Gasteiger partial charge in [-0.15, -0.1) is 0 Å². The number of hydrogen-bond donors (Lipinski definition) is 0. The third-order valence-corrected chi connectivity index (χ3v) is 6.23. The molecule has 0 N–H and O–H groups in total. The lowest BCUT2D eigenvalue weighted by atomic mass is 9.77. The van der Waals surface area contributed by atoms with Crippen LogP contribution in [0.3, 0.4) is 0 Å². The Balaban J connectivity index is 1.94. The van der Waals surface area contributed by atoms with Gasteiger partial charge in [-0.05, 0) is 66.5 Å². The first-order valence-corrected chi connectivity index (χ1v) is 11.8. The zero-order chi connectivity index (χ0) is 22.8. The highest BCUT2D eigenvalue weighted by Crippen LogP contribution is 2.33. The molecule has 1 atom stereocenters. The number of rotatable bonds is 8. The Kier molecular flexibility index (Phi) is 8.45. The van der Waals surface area contributed by atoms with Gasteiger partial charge in [0.15, 0.2) is 0 Å². The second-order valence-electron chi connectivity index (χ2n) is 8.72. The van der Waals surface area contributed by atoms with Crippen molar-refractivity contribution >= 4 is 11.1 Å². The van der Waals surface area contributed by atoms with Crippen LogP contribution >= 0.6 is 0 Å². The second-order valence-corrected chi connectivity index (χ2v) is 8.72. The molecule has 0 heterocycles. The van der Waals surface area contributed by atoms with Gasteiger partial charge < -0.3 is 0 Å². The fraction of sp³-hybridized carbons (Fsp3) is 0.250. The SMILES string of the molecule is C/C=C(\C=C/CC)C/C=C(\C=C(/C)c1ccccc1)c1ccc(C2(C)C=CC=CC2)cc1. The normalized spacial score (nSPS) is 19.7. The summed E-state index contributed by atoms with van der Waals surface area (Å²) in [4.78, 5) is 0. The van der Waals surface area contributed by atoms with Gasteiger partial charge in [-0.1, -0.05) is 123 Å². The summed E-state index contributed by atoms with van der Waals surface area (Å²) in [5.74, 6) is 0. The van der Waals surface area contributed by atoms with Crippen LogP contribution in [0.4, 0.5) is 0 Å². The minimum absolute atomic E-state index is 0.0794. The fourth-order valence-electron chi connectivity index (χ4n) is 4.04. The second kappa shape index (κ2) is 11.5. The molecule has 2 aromatic rings. The molecule has 3 rings (SSSR count). The number of benzene rings is 2. The van der Waals surface area contributed by atoms with Crippen LogP contribution in [0.5, 0.6) is 0 Å². The van der Waals surface area contributed by atoms with Gasteiger partial charge in [0.1, 0.15) is 0 Å². The number of allylic oxidation sites excluding steroid dienone is 12. The maximum absolute atomic E-state index is 2.36. The summed E-state index contributed by atoms with van der Waals surface area (Å²) in [6.07, 6.45) is 23.3. The van der Waals surface area contributed by atoms with Crippen molar-refractivity contribution in [2.45, 2.75) is 52.4 Å². The van der Waals surface area contributed by atoms with Gasteiger partial charge in [0, 0.05) is 5.41 Å². The van der Waals surface area contributed by atoms with Crippen molar-refractivity contribution in [3.05, 3.63) is 132 Å². The molecule has 0 aliphatic heterocycles. The summed E-state index contributed by atoms with van der Waals surface area (Å²) < 4.78 is 0. The lowest BCUT2D eigenvalue weighted by molar-refractivity contribution is 0.600. The molecule has 0 saturated heterocycles. The molecule has 0 radical (unpaired) electrons. The van der Waals surface area contributed by atoms with E-state index in [9.17, 15) is 0 Å². The van der Waals surface area contributed by atoms with Gasteiger partial charge in [0.25, 0.3) is 0 Å². The lowest BCUT2D eigenvalue weighted by Gasteiger charge is -2.27. The van der Waals surface area contributed by atoms with Crippen LogP contribution in [0.2, 0.25) is 0 Å². The first-order chi connectivity index (χ1) is 15.6. The average molecular weight is 421 g/mol. The largest absolute Gasteiger partial charge is 0.0845 e. The summed E-state index contributed by atoms with van der Waals surface area (Å²) in [5, 5.41) is 0. The van der Waals surface area contributed by atoms with Crippen LogP contribution in [0.15, 0.2) is 115 Å². The Hall–Kier alpha value is -3.12. The smallest absolute Gasteiger partial charge is 0.0141 e. The van der Waals surface area contributed by atoms with Crippen LogP contribution in [0.1, 0.15) is 63.6 Å². The van der Waals surface area contributed by atoms with E-state index in [0.29, 0.717) is 0 Å². The topological polar surface area (TPSA) is 0 Å². The molecule has 0 aromatic heterocycles. The molecule has 32 heavy (non-hydrogen) atoms. The van der Waals surface area contributed by atoms with Crippen molar-refractivity contribution in [2.75, 3.05) is 0 Å². The zero-order valence-electron chi connectivity index (χ0n) is 20.0. The average Bonchev–Trinajstić information content (AvgIpc) is 2.84. The molecule has 0 spiro atoms. The van der Waals surface area contributed by atoms with Crippen molar-refractivity contribution in [3.8, 4) is 0 Å². The van der Waals surface area contributed by atoms with E-state index in [1.807, 2.05) is 0 Å². The van der Waals surface area contributed by atoms with Gasteiger partial charge in [-0.25, -0.2) is 0 Å². The minimum atomic E-state index is 0.0794. The lowest BCUT2D eigenvalue weighted by Crippen LogP contribution is -2.19. The maximum atomic E-state index is 2.36.